The number of nitrogens with zero attached hydrogens (tertiary/aromatic N) is 2. The van der Waals surface area contributed by atoms with Crippen LogP contribution in [0.3, 0.4) is 0 Å². The minimum Gasteiger partial charge on any atom is -0.359 e. The first-order valence-corrected chi connectivity index (χ1v) is 11.0. The maximum Gasteiger partial charge on any atom is 0.203 e. The molecule has 0 aromatic carbocycles. The molecular weight excluding hydrogens is 404 g/mol. The number of terminal acetylenes is 1. The second-order valence-corrected chi connectivity index (χ2v) is 7.11. The van der Waals surface area contributed by atoms with Crippen LogP contribution in [0.25, 0.3) is 0 Å². The van der Waals surface area contributed by atoms with Crippen LogP contribution in [0.15, 0.2) is 10.6 Å². The molecule has 1 aromatic heterocycles. The van der Waals surface area contributed by atoms with Crippen molar-refractivity contribution in [1.82, 2.24) is 5.16 Å². The first kappa shape index (κ1) is 27.0. The van der Waals surface area contributed by atoms with Gasteiger partial charge in [-0.3, -0.25) is 10.1 Å². The predicted octanol–water partition coefficient (Wildman–Crippen LogP) is 4.12. The predicted molar refractivity (Wildman–Crippen MR) is 115 cm³/mol. The van der Waals surface area contributed by atoms with Crippen molar-refractivity contribution in [3.05, 3.63) is 27.6 Å². The number of aryl methyl sites for hydroxylation is 1. The van der Waals surface area contributed by atoms with Gasteiger partial charge >= 0.3 is 0 Å². The molecule has 2 unspecified atom stereocenters. The van der Waals surface area contributed by atoms with Gasteiger partial charge in [-0.25, -0.2) is 0 Å². The molecule has 176 valence electrons. The molecule has 2 aliphatic heterocycles. The number of ether oxygens (including phenoxy) is 4. The van der Waals surface area contributed by atoms with E-state index >= 15 is 0 Å². The van der Waals surface area contributed by atoms with Crippen LogP contribution in [0, 0.1) is 22.5 Å². The molecule has 0 aliphatic carbocycles. The van der Waals surface area contributed by atoms with Crippen molar-refractivity contribution < 1.29 is 28.4 Å². The van der Waals surface area contributed by atoms with Crippen molar-refractivity contribution in [2.45, 2.75) is 84.4 Å². The van der Waals surface area contributed by atoms with Gasteiger partial charge in [0.25, 0.3) is 0 Å². The van der Waals surface area contributed by atoms with E-state index in [1.165, 1.54) is 12.8 Å². The van der Waals surface area contributed by atoms with Crippen LogP contribution < -0.4 is 0 Å². The van der Waals surface area contributed by atoms with Gasteiger partial charge in [0, 0.05) is 30.6 Å². The molecule has 2 saturated heterocycles. The van der Waals surface area contributed by atoms with Gasteiger partial charge in [-0.1, -0.05) is 24.9 Å². The number of rotatable bonds is 8. The fourth-order valence-corrected chi connectivity index (χ4v) is 2.77. The van der Waals surface area contributed by atoms with Crippen molar-refractivity contribution in [1.29, 1.82) is 0 Å². The number of aromatic nitrogens is 1. The van der Waals surface area contributed by atoms with Crippen LogP contribution in [-0.4, -0.2) is 49.0 Å². The fraction of sp³-hybridized carbons (Fsp3) is 0.773. The lowest BCUT2D eigenvalue weighted by Crippen LogP contribution is -2.22. The maximum atomic E-state index is 9.40. The molecule has 31 heavy (non-hydrogen) atoms. The van der Waals surface area contributed by atoms with E-state index in [9.17, 15) is 10.1 Å². The van der Waals surface area contributed by atoms with Crippen molar-refractivity contribution >= 4 is 0 Å². The Balaban J connectivity index is 0.000000260. The molecule has 2 aliphatic rings. The molecule has 9 nitrogen and oxygen atoms in total. The van der Waals surface area contributed by atoms with E-state index in [4.69, 9.17) is 29.9 Å². The minimum atomic E-state index is -0.319. The van der Waals surface area contributed by atoms with E-state index in [1.54, 1.807) is 6.92 Å². The maximum absolute atomic E-state index is 9.40. The lowest BCUT2D eigenvalue weighted by atomic mass is 10.2. The van der Waals surface area contributed by atoms with Crippen LogP contribution in [0.1, 0.15) is 70.2 Å². The lowest BCUT2D eigenvalue weighted by molar-refractivity contribution is -0.479. The Labute approximate surface area is 184 Å². The highest BCUT2D eigenvalue weighted by Crippen LogP contribution is 2.16. The van der Waals surface area contributed by atoms with Crippen LogP contribution in [0.5, 0.6) is 0 Å². The third-order valence-electron chi connectivity index (χ3n) is 4.42. The van der Waals surface area contributed by atoms with Gasteiger partial charge < -0.3 is 23.5 Å². The monoisotopic (exact) mass is 440 g/mol. The van der Waals surface area contributed by atoms with Gasteiger partial charge in [0.1, 0.15) is 13.2 Å². The minimum absolute atomic E-state index is 0.0372. The first-order chi connectivity index (χ1) is 15.1. The molecule has 0 N–H and O–H groups in total. The zero-order chi connectivity index (χ0) is 22.7. The largest absolute Gasteiger partial charge is 0.359 e. The van der Waals surface area contributed by atoms with E-state index in [2.05, 4.69) is 11.1 Å². The van der Waals surface area contributed by atoms with Gasteiger partial charge in [-0.05, 0) is 44.9 Å². The molecule has 0 spiro atoms. The molecular formula is C22H36N2O7. The quantitative estimate of drug-likeness (QED) is 0.338. The Morgan fingerprint density at radius 2 is 1.81 bits per heavy atom. The average molecular weight is 441 g/mol. The van der Waals surface area contributed by atoms with Gasteiger partial charge in [-0.15, -0.1) is 6.42 Å². The van der Waals surface area contributed by atoms with Crippen LogP contribution in [-0.2, 0) is 32.0 Å². The molecule has 0 bridgehead atoms. The van der Waals surface area contributed by atoms with Crippen molar-refractivity contribution in [2.24, 2.45) is 0 Å². The normalized spacial score (nSPS) is 20.4. The summed E-state index contributed by atoms with van der Waals surface area (Å²) in [6.45, 7) is 6.37. The third-order valence-corrected chi connectivity index (χ3v) is 4.42. The van der Waals surface area contributed by atoms with Gasteiger partial charge in [-0.2, -0.15) is 0 Å². The summed E-state index contributed by atoms with van der Waals surface area (Å²) in [5.41, 5.74) is 0.971. The van der Waals surface area contributed by atoms with E-state index in [-0.39, 0.29) is 24.0 Å². The SMILES string of the molecule is C#CCOC1CCCCO1.CCC[N+](=O)[O-].CCc1cc(COC2CCCCO2)on1. The molecule has 1 aromatic rings. The molecule has 0 amide bonds. The molecule has 2 atom stereocenters. The molecule has 3 rings (SSSR count). The summed E-state index contributed by atoms with van der Waals surface area (Å²) in [7, 11) is 0. The Kier molecular flexibility index (Phi) is 15.4. The van der Waals surface area contributed by atoms with E-state index < -0.39 is 0 Å². The standard InChI is InChI=1S/C11H17NO3.C8H12O2.C3H7NO2/c1-2-9-7-10(15-12-9)8-14-11-5-3-4-6-13-11;1-2-6-9-8-5-3-4-7-10-8;1-2-3-4(5)6/h7,11H,2-6,8H2,1H3;1,8H,3-7H2;2-3H2,1H3. The number of hydrogen-bond acceptors (Lipinski definition) is 8. The van der Waals surface area contributed by atoms with Gasteiger partial charge in [0.15, 0.2) is 18.3 Å². The second-order valence-electron chi connectivity index (χ2n) is 7.11. The fourth-order valence-electron chi connectivity index (χ4n) is 2.77. The Bertz CT molecular complexity index is 618. The lowest BCUT2D eigenvalue weighted by Gasteiger charge is -2.21. The van der Waals surface area contributed by atoms with E-state index in [1.807, 2.05) is 13.0 Å². The molecule has 9 heteroatoms. The summed E-state index contributed by atoms with van der Waals surface area (Å²) in [5, 5.41) is 13.3. The summed E-state index contributed by atoms with van der Waals surface area (Å²) in [5.74, 6) is 3.19. The summed E-state index contributed by atoms with van der Waals surface area (Å²) in [4.78, 5) is 9.09. The number of nitro groups is 1. The Morgan fingerprint density at radius 3 is 2.23 bits per heavy atom. The third kappa shape index (κ3) is 13.8. The Hall–Kier alpha value is -1.99. The van der Waals surface area contributed by atoms with E-state index in [0.717, 1.165) is 56.8 Å². The highest BCUT2D eigenvalue weighted by atomic mass is 16.7. The molecule has 0 radical (unpaired) electrons. The highest BCUT2D eigenvalue weighted by Gasteiger charge is 2.15. The average Bonchev–Trinajstić information content (AvgIpc) is 3.27. The summed E-state index contributed by atoms with van der Waals surface area (Å²) in [6.07, 6.45) is 13.1. The van der Waals surface area contributed by atoms with Crippen molar-refractivity contribution in [2.75, 3.05) is 26.4 Å². The first-order valence-electron chi connectivity index (χ1n) is 11.0. The zero-order valence-electron chi connectivity index (χ0n) is 18.8. The summed E-state index contributed by atoms with van der Waals surface area (Å²) in [6, 6.07) is 1.93. The van der Waals surface area contributed by atoms with Crippen LogP contribution in [0.4, 0.5) is 0 Å². The smallest absolute Gasteiger partial charge is 0.203 e. The Morgan fingerprint density at radius 1 is 1.16 bits per heavy atom. The highest BCUT2D eigenvalue weighted by molar-refractivity contribution is 5.03. The zero-order valence-corrected chi connectivity index (χ0v) is 18.8. The van der Waals surface area contributed by atoms with Gasteiger partial charge in [0.05, 0.1) is 5.69 Å². The van der Waals surface area contributed by atoms with E-state index in [0.29, 0.717) is 19.6 Å². The summed E-state index contributed by atoms with van der Waals surface area (Å²) < 4.78 is 26.6. The van der Waals surface area contributed by atoms with Crippen LogP contribution >= 0.6 is 0 Å². The van der Waals surface area contributed by atoms with Crippen LogP contribution in [0.2, 0.25) is 0 Å². The molecule has 2 fully saturated rings. The summed E-state index contributed by atoms with van der Waals surface area (Å²) >= 11 is 0. The van der Waals surface area contributed by atoms with Crippen molar-refractivity contribution in [3.8, 4) is 12.3 Å². The molecule has 0 saturated carbocycles. The van der Waals surface area contributed by atoms with Gasteiger partial charge in [0.2, 0.25) is 6.54 Å². The topological polar surface area (TPSA) is 106 Å². The second kappa shape index (κ2) is 17.7. The number of hydrogen-bond donors (Lipinski definition) is 0. The van der Waals surface area contributed by atoms with Crippen molar-refractivity contribution in [3.63, 3.8) is 0 Å². The molecule has 3 heterocycles.